The summed E-state index contributed by atoms with van der Waals surface area (Å²) in [5, 5.41) is 18.5. The molecule has 0 aromatic carbocycles. The van der Waals surface area contributed by atoms with E-state index >= 15 is 0 Å². The average molecular weight is 214 g/mol. The van der Waals surface area contributed by atoms with Crippen LogP contribution in [0.1, 0.15) is 45.4 Å². The molecule has 1 aliphatic carbocycles. The average Bonchev–Trinajstić information content (AvgIpc) is 2.26. The highest BCUT2D eigenvalue weighted by Crippen LogP contribution is 2.35. The number of carboxylic acids is 1. The number of carboxylic acid groups (broad SMARTS) is 1. The van der Waals surface area contributed by atoms with Crippen LogP contribution in [0, 0.1) is 17.8 Å². The molecule has 1 fully saturated rings. The molecular formula is C12H22O3. The van der Waals surface area contributed by atoms with Crippen LogP contribution in [0.4, 0.5) is 0 Å². The Bertz CT molecular complexity index is 197. The van der Waals surface area contributed by atoms with Crippen LogP contribution in [0.2, 0.25) is 0 Å². The van der Waals surface area contributed by atoms with Gasteiger partial charge >= 0.3 is 5.97 Å². The van der Waals surface area contributed by atoms with Gasteiger partial charge in [0.05, 0.1) is 5.92 Å². The van der Waals surface area contributed by atoms with Crippen molar-refractivity contribution in [3.05, 3.63) is 0 Å². The highest BCUT2D eigenvalue weighted by Gasteiger charge is 2.33. The summed E-state index contributed by atoms with van der Waals surface area (Å²) in [5.41, 5.74) is 0. The van der Waals surface area contributed by atoms with E-state index in [1.807, 2.05) is 6.92 Å². The third kappa shape index (κ3) is 3.20. The Labute approximate surface area is 91.5 Å². The first kappa shape index (κ1) is 12.5. The summed E-state index contributed by atoms with van der Waals surface area (Å²) in [5.74, 6) is -0.724. The number of aliphatic hydroxyl groups excluding tert-OH is 1. The Balaban J connectivity index is 2.62. The number of carbonyl (C=O) groups is 1. The van der Waals surface area contributed by atoms with Crippen molar-refractivity contribution in [3.63, 3.8) is 0 Å². The normalized spacial score (nSPS) is 22.3. The van der Waals surface area contributed by atoms with Crippen LogP contribution in [0.25, 0.3) is 0 Å². The fourth-order valence-electron chi connectivity index (χ4n) is 2.83. The highest BCUT2D eigenvalue weighted by molar-refractivity contribution is 5.70. The Morgan fingerprint density at radius 1 is 1.33 bits per heavy atom. The molecule has 0 spiro atoms. The number of aliphatic carboxylic acids is 1. The molecular weight excluding hydrogens is 192 g/mol. The fourth-order valence-corrected chi connectivity index (χ4v) is 2.83. The molecule has 1 rings (SSSR count). The van der Waals surface area contributed by atoms with Gasteiger partial charge in [0.15, 0.2) is 0 Å². The Kier molecular flexibility index (Phi) is 5.09. The molecule has 2 unspecified atom stereocenters. The van der Waals surface area contributed by atoms with Crippen molar-refractivity contribution in [1.29, 1.82) is 0 Å². The van der Waals surface area contributed by atoms with Crippen LogP contribution in [0.3, 0.4) is 0 Å². The zero-order valence-electron chi connectivity index (χ0n) is 9.48. The molecule has 0 bridgehead atoms. The van der Waals surface area contributed by atoms with E-state index in [1.54, 1.807) is 0 Å². The molecule has 3 heteroatoms. The molecule has 0 aromatic heterocycles. The van der Waals surface area contributed by atoms with Crippen LogP contribution in [-0.2, 0) is 4.79 Å². The minimum absolute atomic E-state index is 0.0233. The monoisotopic (exact) mass is 214 g/mol. The van der Waals surface area contributed by atoms with Crippen molar-refractivity contribution in [2.45, 2.75) is 45.4 Å². The second-order valence-electron chi connectivity index (χ2n) is 4.60. The molecule has 0 heterocycles. The van der Waals surface area contributed by atoms with E-state index in [9.17, 15) is 9.90 Å². The maximum Gasteiger partial charge on any atom is 0.306 e. The van der Waals surface area contributed by atoms with Gasteiger partial charge in [0.2, 0.25) is 0 Å². The fraction of sp³-hybridized carbons (Fsp3) is 0.917. The molecule has 0 amide bonds. The number of aliphatic hydroxyl groups is 1. The topological polar surface area (TPSA) is 57.5 Å². The molecule has 88 valence electrons. The van der Waals surface area contributed by atoms with Crippen LogP contribution in [0.5, 0.6) is 0 Å². The lowest BCUT2D eigenvalue weighted by molar-refractivity contribution is -0.145. The molecule has 0 radical (unpaired) electrons. The summed E-state index contributed by atoms with van der Waals surface area (Å²) in [6.07, 6.45) is 6.45. The highest BCUT2D eigenvalue weighted by atomic mass is 16.4. The molecule has 1 aliphatic rings. The van der Waals surface area contributed by atoms with Crippen LogP contribution in [0.15, 0.2) is 0 Å². The van der Waals surface area contributed by atoms with Crippen molar-refractivity contribution in [2.75, 3.05) is 6.61 Å². The van der Waals surface area contributed by atoms with E-state index in [-0.39, 0.29) is 18.4 Å². The largest absolute Gasteiger partial charge is 0.481 e. The number of hydrogen-bond acceptors (Lipinski definition) is 2. The van der Waals surface area contributed by atoms with E-state index < -0.39 is 5.97 Å². The van der Waals surface area contributed by atoms with Crippen molar-refractivity contribution in [2.24, 2.45) is 17.8 Å². The third-order valence-electron chi connectivity index (χ3n) is 3.74. The number of rotatable bonds is 5. The van der Waals surface area contributed by atoms with Gasteiger partial charge in [0.1, 0.15) is 0 Å². The first-order valence-electron chi connectivity index (χ1n) is 6.04. The predicted octanol–water partition coefficient (Wildman–Crippen LogP) is 2.29. The molecule has 0 aliphatic heterocycles. The van der Waals surface area contributed by atoms with Gasteiger partial charge in [-0.05, 0) is 18.3 Å². The molecule has 1 saturated carbocycles. The molecule has 2 atom stereocenters. The van der Waals surface area contributed by atoms with Crippen LogP contribution < -0.4 is 0 Å². The summed E-state index contributed by atoms with van der Waals surface area (Å²) in [6.45, 7) is 1.92. The minimum atomic E-state index is -0.748. The first-order chi connectivity index (χ1) is 7.20. The summed E-state index contributed by atoms with van der Waals surface area (Å²) < 4.78 is 0. The standard InChI is InChI=1S/C12H22O3/c1-2-10(12(14)15)11(8-13)9-6-4-3-5-7-9/h9-11,13H,2-8H2,1H3,(H,14,15). The van der Waals surface area contributed by atoms with Gasteiger partial charge < -0.3 is 10.2 Å². The van der Waals surface area contributed by atoms with Gasteiger partial charge in [0.25, 0.3) is 0 Å². The molecule has 3 nitrogen and oxygen atoms in total. The lowest BCUT2D eigenvalue weighted by Crippen LogP contribution is -2.33. The third-order valence-corrected chi connectivity index (χ3v) is 3.74. The second kappa shape index (κ2) is 6.11. The van der Waals surface area contributed by atoms with Gasteiger partial charge in [0, 0.05) is 6.61 Å². The quantitative estimate of drug-likeness (QED) is 0.738. The maximum atomic E-state index is 11.1. The smallest absolute Gasteiger partial charge is 0.306 e. The van der Waals surface area contributed by atoms with Crippen molar-refractivity contribution >= 4 is 5.97 Å². The summed E-state index contributed by atoms with van der Waals surface area (Å²) in [7, 11) is 0. The summed E-state index contributed by atoms with van der Waals surface area (Å²) in [6, 6.07) is 0. The lowest BCUT2D eigenvalue weighted by Gasteiger charge is -2.32. The van der Waals surface area contributed by atoms with Crippen LogP contribution >= 0.6 is 0 Å². The Morgan fingerprint density at radius 2 is 1.93 bits per heavy atom. The summed E-state index contributed by atoms with van der Waals surface area (Å²) in [4.78, 5) is 11.1. The zero-order valence-corrected chi connectivity index (χ0v) is 9.48. The van der Waals surface area contributed by atoms with Crippen molar-refractivity contribution < 1.29 is 15.0 Å². The number of hydrogen-bond donors (Lipinski definition) is 2. The van der Waals surface area contributed by atoms with Gasteiger partial charge in [-0.15, -0.1) is 0 Å². The molecule has 0 saturated heterocycles. The SMILES string of the molecule is CCC(C(=O)O)C(CO)C1CCCCC1. The van der Waals surface area contributed by atoms with Crippen LogP contribution in [-0.4, -0.2) is 22.8 Å². The van der Waals surface area contributed by atoms with E-state index in [4.69, 9.17) is 5.11 Å². The van der Waals surface area contributed by atoms with Gasteiger partial charge in [-0.3, -0.25) is 4.79 Å². The second-order valence-corrected chi connectivity index (χ2v) is 4.60. The summed E-state index contributed by atoms with van der Waals surface area (Å²) >= 11 is 0. The van der Waals surface area contributed by atoms with E-state index in [0.717, 1.165) is 12.8 Å². The lowest BCUT2D eigenvalue weighted by atomic mass is 9.73. The first-order valence-corrected chi connectivity index (χ1v) is 6.04. The van der Waals surface area contributed by atoms with Gasteiger partial charge in [-0.2, -0.15) is 0 Å². The van der Waals surface area contributed by atoms with E-state index in [0.29, 0.717) is 12.3 Å². The van der Waals surface area contributed by atoms with Crippen molar-refractivity contribution in [3.8, 4) is 0 Å². The van der Waals surface area contributed by atoms with E-state index in [1.165, 1.54) is 19.3 Å². The minimum Gasteiger partial charge on any atom is -0.481 e. The van der Waals surface area contributed by atoms with Crippen molar-refractivity contribution in [1.82, 2.24) is 0 Å². The van der Waals surface area contributed by atoms with E-state index in [2.05, 4.69) is 0 Å². The van der Waals surface area contributed by atoms with Gasteiger partial charge in [-0.1, -0.05) is 39.0 Å². The Hall–Kier alpha value is -0.570. The molecule has 15 heavy (non-hydrogen) atoms. The maximum absolute atomic E-state index is 11.1. The predicted molar refractivity (Wildman–Crippen MR) is 58.6 cm³/mol. The molecule has 2 N–H and O–H groups in total. The Morgan fingerprint density at radius 3 is 2.33 bits per heavy atom. The zero-order chi connectivity index (χ0) is 11.3. The molecule has 0 aromatic rings. The van der Waals surface area contributed by atoms with Gasteiger partial charge in [-0.25, -0.2) is 0 Å².